The first-order valence-electron chi connectivity index (χ1n) is 10.6. The van der Waals surface area contributed by atoms with E-state index in [2.05, 4.69) is 21.2 Å². The molecule has 0 spiro atoms. The molecular formula is C24H22BrN3O7. The monoisotopic (exact) mass is 543 g/mol. The first-order valence-corrected chi connectivity index (χ1v) is 11.4. The van der Waals surface area contributed by atoms with Crippen LogP contribution in [0.15, 0.2) is 40.4 Å². The van der Waals surface area contributed by atoms with Gasteiger partial charge in [0, 0.05) is 30.6 Å². The number of likely N-dealkylation sites (N-methyl/N-ethyl adjacent to an activating group) is 1. The third-order valence-corrected chi connectivity index (χ3v) is 6.21. The largest absolute Gasteiger partial charge is 0.492 e. The van der Waals surface area contributed by atoms with Crippen molar-refractivity contribution in [3.8, 4) is 17.2 Å². The summed E-state index contributed by atoms with van der Waals surface area (Å²) in [6, 6.07) is 7.41. The van der Waals surface area contributed by atoms with Crippen LogP contribution >= 0.6 is 15.9 Å². The van der Waals surface area contributed by atoms with Crippen LogP contribution in [-0.4, -0.2) is 56.1 Å². The number of hydrogen-bond acceptors (Lipinski definition) is 7. The number of fused-ring (bicyclic) bond motifs is 1. The molecule has 0 aliphatic carbocycles. The normalized spacial score (nSPS) is 15.9. The van der Waals surface area contributed by atoms with Crippen molar-refractivity contribution in [2.24, 2.45) is 0 Å². The Morgan fingerprint density at radius 2 is 1.94 bits per heavy atom. The average molecular weight is 544 g/mol. The number of methoxy groups -OCH3 is 1. The third-order valence-electron chi connectivity index (χ3n) is 5.68. The maximum Gasteiger partial charge on any atom is 0.335 e. The number of nitrogens with zero attached hydrogens (tertiary/aromatic N) is 2. The quantitative estimate of drug-likeness (QED) is 0.440. The zero-order chi connectivity index (χ0) is 25.3. The molecule has 35 heavy (non-hydrogen) atoms. The number of rotatable bonds is 6. The molecule has 0 saturated carbocycles. The van der Waals surface area contributed by atoms with Crippen molar-refractivity contribution in [3.63, 3.8) is 0 Å². The average Bonchev–Trinajstić information content (AvgIpc) is 3.29. The van der Waals surface area contributed by atoms with E-state index in [0.29, 0.717) is 41.3 Å². The SMILES string of the molecule is COc1c(C=C2C(=O)NC(=O)N(c3ccc(Br)cc3)C2=O)c(CCN(C)C(C)=O)cc2c1OCO2. The standard InChI is InChI=1S/C24H22BrN3O7/c1-13(29)27(2)9-8-14-10-19-21(35-12-34-19)20(33-3)17(14)11-18-22(30)26-24(32)28(23(18)31)16-6-4-15(25)5-7-16/h4-7,10-11H,8-9,12H2,1-3H3,(H,26,30,32). The van der Waals surface area contributed by atoms with Crippen LogP contribution in [-0.2, 0) is 20.8 Å². The van der Waals surface area contributed by atoms with E-state index < -0.39 is 17.8 Å². The highest BCUT2D eigenvalue weighted by Crippen LogP contribution is 2.46. The Balaban J connectivity index is 1.80. The van der Waals surface area contributed by atoms with Gasteiger partial charge in [-0.15, -0.1) is 0 Å². The molecule has 0 unspecified atom stereocenters. The van der Waals surface area contributed by atoms with Crippen molar-refractivity contribution in [1.29, 1.82) is 0 Å². The Hall–Kier alpha value is -3.86. The summed E-state index contributed by atoms with van der Waals surface area (Å²) in [5, 5.41) is 2.22. The zero-order valence-electron chi connectivity index (χ0n) is 19.2. The highest BCUT2D eigenvalue weighted by atomic mass is 79.9. The van der Waals surface area contributed by atoms with Crippen LogP contribution in [0.1, 0.15) is 18.1 Å². The maximum absolute atomic E-state index is 13.4. The molecule has 0 bridgehead atoms. The maximum atomic E-state index is 13.4. The summed E-state index contributed by atoms with van der Waals surface area (Å²) in [6.07, 6.45) is 1.76. The van der Waals surface area contributed by atoms with E-state index >= 15 is 0 Å². The number of hydrogen-bond donors (Lipinski definition) is 1. The summed E-state index contributed by atoms with van der Waals surface area (Å²) < 4.78 is 17.4. The van der Waals surface area contributed by atoms with Crippen molar-refractivity contribution in [2.75, 3.05) is 32.4 Å². The molecule has 0 aromatic heterocycles. The number of nitrogens with one attached hydrogen (secondary N) is 1. The van der Waals surface area contributed by atoms with Gasteiger partial charge in [-0.1, -0.05) is 15.9 Å². The molecule has 1 N–H and O–H groups in total. The van der Waals surface area contributed by atoms with Crippen LogP contribution in [0.4, 0.5) is 10.5 Å². The molecule has 0 radical (unpaired) electrons. The van der Waals surface area contributed by atoms with Gasteiger partial charge in [0.2, 0.25) is 18.4 Å². The lowest BCUT2D eigenvalue weighted by molar-refractivity contribution is -0.127. The van der Waals surface area contributed by atoms with Gasteiger partial charge in [0.05, 0.1) is 12.8 Å². The molecule has 2 aliphatic heterocycles. The van der Waals surface area contributed by atoms with Crippen molar-refractivity contribution in [3.05, 3.63) is 51.5 Å². The summed E-state index contributed by atoms with van der Waals surface area (Å²) in [5.74, 6) is -0.653. The van der Waals surface area contributed by atoms with Crippen molar-refractivity contribution >= 4 is 51.4 Å². The molecule has 4 rings (SSSR count). The number of amides is 5. The summed E-state index contributed by atoms with van der Waals surface area (Å²) in [6.45, 7) is 1.82. The van der Waals surface area contributed by atoms with Gasteiger partial charge in [0.15, 0.2) is 11.5 Å². The highest BCUT2D eigenvalue weighted by Gasteiger charge is 2.37. The molecule has 2 aromatic carbocycles. The van der Waals surface area contributed by atoms with E-state index in [1.165, 1.54) is 20.1 Å². The van der Waals surface area contributed by atoms with Gasteiger partial charge < -0.3 is 19.1 Å². The van der Waals surface area contributed by atoms with E-state index in [0.717, 1.165) is 9.37 Å². The highest BCUT2D eigenvalue weighted by molar-refractivity contribution is 9.10. The number of barbiturate groups is 1. The molecule has 2 heterocycles. The van der Waals surface area contributed by atoms with E-state index in [9.17, 15) is 19.2 Å². The lowest BCUT2D eigenvalue weighted by Gasteiger charge is -2.26. The van der Waals surface area contributed by atoms with Gasteiger partial charge in [0.25, 0.3) is 11.8 Å². The molecule has 1 saturated heterocycles. The molecular weight excluding hydrogens is 522 g/mol. The summed E-state index contributed by atoms with van der Waals surface area (Å²) in [5.41, 5.74) is 1.12. The van der Waals surface area contributed by atoms with Gasteiger partial charge in [-0.3, -0.25) is 19.7 Å². The van der Waals surface area contributed by atoms with Crippen LogP contribution in [0.5, 0.6) is 17.2 Å². The number of imide groups is 2. The van der Waals surface area contributed by atoms with Gasteiger partial charge in [-0.05, 0) is 48.4 Å². The second kappa shape index (κ2) is 9.79. The number of benzene rings is 2. The summed E-state index contributed by atoms with van der Waals surface area (Å²) in [7, 11) is 3.11. The van der Waals surface area contributed by atoms with Crippen LogP contribution in [0, 0.1) is 0 Å². The molecule has 2 aliphatic rings. The predicted octanol–water partition coefficient (Wildman–Crippen LogP) is 2.87. The Morgan fingerprint density at radius 1 is 1.23 bits per heavy atom. The lowest BCUT2D eigenvalue weighted by atomic mass is 9.98. The number of anilines is 1. The molecule has 0 atom stereocenters. The van der Waals surface area contributed by atoms with Crippen LogP contribution in [0.2, 0.25) is 0 Å². The van der Waals surface area contributed by atoms with Gasteiger partial charge >= 0.3 is 6.03 Å². The number of halogens is 1. The Bertz CT molecular complexity index is 1260. The second-order valence-corrected chi connectivity index (χ2v) is 8.76. The minimum absolute atomic E-state index is 0.0101. The fourth-order valence-corrected chi connectivity index (χ4v) is 3.98. The first-order chi connectivity index (χ1) is 16.7. The van der Waals surface area contributed by atoms with Crippen molar-refractivity contribution in [2.45, 2.75) is 13.3 Å². The molecule has 10 nitrogen and oxygen atoms in total. The Morgan fingerprint density at radius 3 is 2.60 bits per heavy atom. The van der Waals surface area contributed by atoms with E-state index in [1.807, 2.05) is 0 Å². The molecule has 2 aromatic rings. The van der Waals surface area contributed by atoms with Crippen molar-refractivity contribution < 1.29 is 33.4 Å². The van der Waals surface area contributed by atoms with Crippen molar-refractivity contribution in [1.82, 2.24) is 10.2 Å². The minimum Gasteiger partial charge on any atom is -0.492 e. The summed E-state index contributed by atoms with van der Waals surface area (Å²) >= 11 is 3.32. The Labute approximate surface area is 209 Å². The molecule has 1 fully saturated rings. The van der Waals surface area contributed by atoms with E-state index in [1.54, 1.807) is 42.3 Å². The van der Waals surface area contributed by atoms with E-state index in [-0.39, 0.29) is 24.0 Å². The second-order valence-electron chi connectivity index (χ2n) is 7.84. The fourth-order valence-electron chi connectivity index (χ4n) is 3.72. The van der Waals surface area contributed by atoms with Gasteiger partial charge in [0.1, 0.15) is 5.57 Å². The first kappa shape index (κ1) is 24.3. The minimum atomic E-state index is -0.847. The summed E-state index contributed by atoms with van der Waals surface area (Å²) in [4.78, 5) is 52.7. The Kier molecular flexibility index (Phi) is 6.79. The third kappa shape index (κ3) is 4.72. The molecule has 5 amide bonds. The lowest BCUT2D eigenvalue weighted by Crippen LogP contribution is -2.54. The zero-order valence-corrected chi connectivity index (χ0v) is 20.8. The van der Waals surface area contributed by atoms with E-state index in [4.69, 9.17) is 14.2 Å². The van der Waals surface area contributed by atoms with Crippen LogP contribution in [0.25, 0.3) is 6.08 Å². The molecule has 11 heteroatoms. The molecule has 182 valence electrons. The predicted molar refractivity (Wildman–Crippen MR) is 129 cm³/mol. The number of ether oxygens (including phenoxy) is 3. The number of urea groups is 1. The smallest absolute Gasteiger partial charge is 0.335 e. The topological polar surface area (TPSA) is 114 Å². The fraction of sp³-hybridized carbons (Fsp3) is 0.250. The number of carbonyl (C=O) groups excluding carboxylic acids is 4. The van der Waals surface area contributed by atoms with Gasteiger partial charge in [-0.25, -0.2) is 9.69 Å². The number of carbonyl (C=O) groups is 4. The van der Waals surface area contributed by atoms with Crippen LogP contribution in [0.3, 0.4) is 0 Å². The van der Waals surface area contributed by atoms with Gasteiger partial charge in [-0.2, -0.15) is 0 Å². The van der Waals surface area contributed by atoms with Crippen LogP contribution < -0.4 is 24.4 Å².